The molecule has 6 heteroatoms. The first-order valence-corrected chi connectivity index (χ1v) is 7.50. The van der Waals surface area contributed by atoms with Crippen LogP contribution in [0.3, 0.4) is 0 Å². The Labute approximate surface area is 136 Å². The summed E-state index contributed by atoms with van der Waals surface area (Å²) in [5.41, 5.74) is 2.38. The Kier molecular flexibility index (Phi) is 5.38. The van der Waals surface area contributed by atoms with Crippen LogP contribution in [0.4, 0.5) is 5.69 Å². The van der Waals surface area contributed by atoms with Crippen molar-refractivity contribution in [2.24, 2.45) is 0 Å². The molecule has 0 aliphatic carbocycles. The van der Waals surface area contributed by atoms with Crippen LogP contribution in [0.15, 0.2) is 41.2 Å². The van der Waals surface area contributed by atoms with E-state index in [1.807, 2.05) is 25.1 Å². The summed E-state index contributed by atoms with van der Waals surface area (Å²) in [6, 6.07) is 7.30. The van der Waals surface area contributed by atoms with Gasteiger partial charge in [-0.05, 0) is 53.3 Å². The molecule has 2 aromatic rings. The highest BCUT2D eigenvalue weighted by Crippen LogP contribution is 2.17. The van der Waals surface area contributed by atoms with E-state index in [4.69, 9.17) is 4.42 Å². The van der Waals surface area contributed by atoms with Crippen molar-refractivity contribution in [2.75, 3.05) is 11.9 Å². The molecule has 110 valence electrons. The Balaban J connectivity index is 1.77. The van der Waals surface area contributed by atoms with Gasteiger partial charge in [-0.15, -0.1) is 0 Å². The normalized spacial score (nSPS) is 10.2. The van der Waals surface area contributed by atoms with Gasteiger partial charge in [0.15, 0.2) is 0 Å². The fourth-order valence-electron chi connectivity index (χ4n) is 1.68. The predicted molar refractivity (Wildman–Crippen MR) is 88.2 cm³/mol. The summed E-state index contributed by atoms with van der Waals surface area (Å²) in [6.07, 6.45) is 3.01. The highest BCUT2D eigenvalue weighted by Gasteiger charge is 2.08. The van der Waals surface area contributed by atoms with Gasteiger partial charge in [-0.2, -0.15) is 0 Å². The summed E-state index contributed by atoms with van der Waals surface area (Å²) in [5.74, 6) is -0.386. The molecule has 1 aromatic heterocycles. The van der Waals surface area contributed by atoms with Crippen molar-refractivity contribution in [3.63, 3.8) is 0 Å². The second-order valence-corrected chi connectivity index (χ2v) is 5.69. The molecule has 0 saturated carbocycles. The number of aryl methyl sites for hydroxylation is 1. The maximum Gasteiger partial charge on any atom is 0.254 e. The van der Waals surface area contributed by atoms with Crippen molar-refractivity contribution in [3.05, 3.63) is 51.5 Å². The van der Waals surface area contributed by atoms with Crippen LogP contribution in [0.5, 0.6) is 0 Å². The number of anilines is 1. The minimum Gasteiger partial charge on any atom is -0.472 e. The number of halogens is 1. The molecule has 1 aromatic carbocycles. The monoisotopic (exact) mass is 398 g/mol. The molecule has 2 rings (SSSR count). The van der Waals surface area contributed by atoms with Gasteiger partial charge in [0.25, 0.3) is 5.91 Å². The summed E-state index contributed by atoms with van der Waals surface area (Å²) in [4.78, 5) is 23.4. The number of rotatable bonds is 5. The molecule has 2 N–H and O–H groups in total. The van der Waals surface area contributed by atoms with E-state index in [0.717, 1.165) is 9.26 Å². The fraction of sp³-hybridized carbons (Fsp3) is 0.200. The van der Waals surface area contributed by atoms with Gasteiger partial charge in [0.2, 0.25) is 5.91 Å². The Bertz CT molecular complexity index is 638. The minimum atomic E-state index is -0.249. The third-order valence-corrected chi connectivity index (χ3v) is 4.04. The zero-order valence-corrected chi connectivity index (χ0v) is 13.6. The standard InChI is InChI=1S/C15H15IN2O3/c1-10-2-3-12(8-13(10)16)18-14(19)4-6-17-15(20)11-5-7-21-9-11/h2-3,5,7-9H,4,6H2,1H3,(H,17,20)(H,18,19). The van der Waals surface area contributed by atoms with E-state index in [9.17, 15) is 9.59 Å². The van der Waals surface area contributed by atoms with E-state index >= 15 is 0 Å². The lowest BCUT2D eigenvalue weighted by atomic mass is 10.2. The van der Waals surface area contributed by atoms with Gasteiger partial charge in [-0.25, -0.2) is 0 Å². The number of amides is 2. The quantitative estimate of drug-likeness (QED) is 0.761. The van der Waals surface area contributed by atoms with Crippen LogP contribution < -0.4 is 10.6 Å². The van der Waals surface area contributed by atoms with Crippen molar-refractivity contribution >= 4 is 40.1 Å². The topological polar surface area (TPSA) is 71.3 Å². The second-order valence-electron chi connectivity index (χ2n) is 4.53. The van der Waals surface area contributed by atoms with Gasteiger partial charge >= 0.3 is 0 Å². The third kappa shape index (κ3) is 4.59. The van der Waals surface area contributed by atoms with Crippen LogP contribution in [-0.2, 0) is 4.79 Å². The van der Waals surface area contributed by atoms with Gasteiger partial charge in [0, 0.05) is 22.2 Å². The summed E-state index contributed by atoms with van der Waals surface area (Å²) < 4.78 is 5.92. The van der Waals surface area contributed by atoms with Crippen LogP contribution in [0.2, 0.25) is 0 Å². The fourth-order valence-corrected chi connectivity index (χ4v) is 2.19. The lowest BCUT2D eigenvalue weighted by Crippen LogP contribution is -2.27. The van der Waals surface area contributed by atoms with E-state index in [1.165, 1.54) is 18.1 Å². The Morgan fingerprint density at radius 2 is 2.10 bits per heavy atom. The first-order chi connectivity index (χ1) is 10.1. The first-order valence-electron chi connectivity index (χ1n) is 6.42. The van der Waals surface area contributed by atoms with Crippen molar-refractivity contribution in [3.8, 4) is 0 Å². The largest absolute Gasteiger partial charge is 0.472 e. The molecule has 0 unspecified atom stereocenters. The van der Waals surface area contributed by atoms with Crippen LogP contribution in [0.1, 0.15) is 22.3 Å². The van der Waals surface area contributed by atoms with Crippen LogP contribution in [0.25, 0.3) is 0 Å². The zero-order chi connectivity index (χ0) is 15.2. The number of carbonyl (C=O) groups is 2. The third-order valence-electron chi connectivity index (χ3n) is 2.88. The van der Waals surface area contributed by atoms with E-state index < -0.39 is 0 Å². The molecular weight excluding hydrogens is 383 g/mol. The van der Waals surface area contributed by atoms with Gasteiger partial charge in [0.1, 0.15) is 6.26 Å². The van der Waals surface area contributed by atoms with Gasteiger partial charge < -0.3 is 15.1 Å². The maximum absolute atomic E-state index is 11.8. The Morgan fingerprint density at radius 1 is 1.29 bits per heavy atom. The maximum atomic E-state index is 11.8. The van der Waals surface area contributed by atoms with Crippen LogP contribution in [-0.4, -0.2) is 18.4 Å². The number of hydrogen-bond donors (Lipinski definition) is 2. The molecule has 21 heavy (non-hydrogen) atoms. The predicted octanol–water partition coefficient (Wildman–Crippen LogP) is 2.95. The van der Waals surface area contributed by atoms with E-state index in [2.05, 4.69) is 33.2 Å². The summed E-state index contributed by atoms with van der Waals surface area (Å²) in [7, 11) is 0. The molecule has 0 aliphatic rings. The van der Waals surface area contributed by atoms with E-state index in [0.29, 0.717) is 5.56 Å². The SMILES string of the molecule is Cc1ccc(NC(=O)CCNC(=O)c2ccoc2)cc1I. The Morgan fingerprint density at radius 3 is 2.76 bits per heavy atom. The van der Waals surface area contributed by atoms with Crippen molar-refractivity contribution in [2.45, 2.75) is 13.3 Å². The minimum absolute atomic E-state index is 0.137. The molecule has 5 nitrogen and oxygen atoms in total. The average molecular weight is 398 g/mol. The molecule has 0 fully saturated rings. The lowest BCUT2D eigenvalue weighted by Gasteiger charge is -2.07. The van der Waals surface area contributed by atoms with Gasteiger partial charge in [-0.1, -0.05) is 6.07 Å². The molecular formula is C15H15IN2O3. The van der Waals surface area contributed by atoms with Gasteiger partial charge in [0.05, 0.1) is 11.8 Å². The van der Waals surface area contributed by atoms with E-state index in [-0.39, 0.29) is 24.8 Å². The molecule has 0 radical (unpaired) electrons. The molecule has 2 amide bonds. The first kappa shape index (κ1) is 15.6. The molecule has 0 spiro atoms. The van der Waals surface area contributed by atoms with Crippen molar-refractivity contribution in [1.29, 1.82) is 0 Å². The zero-order valence-electron chi connectivity index (χ0n) is 11.5. The average Bonchev–Trinajstić information content (AvgIpc) is 2.97. The molecule has 0 atom stereocenters. The number of nitrogens with one attached hydrogen (secondary N) is 2. The highest BCUT2D eigenvalue weighted by atomic mass is 127. The number of furan rings is 1. The van der Waals surface area contributed by atoms with Crippen molar-refractivity contribution < 1.29 is 14.0 Å². The van der Waals surface area contributed by atoms with Crippen LogP contribution in [0, 0.1) is 10.5 Å². The molecule has 0 saturated heterocycles. The lowest BCUT2D eigenvalue weighted by molar-refractivity contribution is -0.116. The van der Waals surface area contributed by atoms with E-state index in [1.54, 1.807) is 6.07 Å². The molecule has 0 aliphatic heterocycles. The summed E-state index contributed by atoms with van der Waals surface area (Å²) in [6.45, 7) is 2.29. The smallest absolute Gasteiger partial charge is 0.254 e. The van der Waals surface area contributed by atoms with Crippen LogP contribution >= 0.6 is 22.6 Å². The van der Waals surface area contributed by atoms with Gasteiger partial charge in [-0.3, -0.25) is 9.59 Å². The second kappa shape index (κ2) is 7.26. The Hall–Kier alpha value is -1.83. The molecule has 0 bridgehead atoms. The van der Waals surface area contributed by atoms with Crippen molar-refractivity contribution in [1.82, 2.24) is 5.32 Å². The number of benzene rings is 1. The number of hydrogen-bond acceptors (Lipinski definition) is 3. The summed E-state index contributed by atoms with van der Waals surface area (Å²) in [5, 5.41) is 5.47. The summed E-state index contributed by atoms with van der Waals surface area (Å²) >= 11 is 2.22. The highest BCUT2D eigenvalue weighted by molar-refractivity contribution is 14.1. The number of carbonyl (C=O) groups excluding carboxylic acids is 2. The molecule has 1 heterocycles.